The van der Waals surface area contributed by atoms with Gasteiger partial charge in [-0.05, 0) is 45.4 Å². The number of rotatable bonds is 13. The number of hydrogen-bond acceptors (Lipinski definition) is 9. The molecule has 3 unspecified atom stereocenters. The Hall–Kier alpha value is -2.98. The first-order chi connectivity index (χ1) is 16.7. The van der Waals surface area contributed by atoms with Crippen molar-refractivity contribution in [1.82, 2.24) is 19.6 Å². The van der Waals surface area contributed by atoms with Crippen LogP contribution >= 0.6 is 7.75 Å². The second-order valence-electron chi connectivity index (χ2n) is 8.06. The number of carbonyl (C=O) groups excluding carboxylic acids is 1. The highest BCUT2D eigenvalue weighted by molar-refractivity contribution is 7.52. The van der Waals surface area contributed by atoms with E-state index < -0.39 is 26.0 Å². The molecule has 0 aliphatic carbocycles. The van der Waals surface area contributed by atoms with E-state index in [-0.39, 0.29) is 19.3 Å². The van der Waals surface area contributed by atoms with Crippen LogP contribution in [0.5, 0.6) is 5.75 Å². The first-order valence-electron chi connectivity index (χ1n) is 11.4. The van der Waals surface area contributed by atoms with E-state index in [2.05, 4.69) is 15.1 Å². The van der Waals surface area contributed by atoms with Crippen LogP contribution in [-0.4, -0.2) is 45.9 Å². The van der Waals surface area contributed by atoms with Crippen LogP contribution in [0.25, 0.3) is 11.0 Å². The number of nitrogens with one attached hydrogen (secondary N) is 1. The second-order valence-corrected chi connectivity index (χ2v) is 9.81. The van der Waals surface area contributed by atoms with Gasteiger partial charge in [0, 0.05) is 6.20 Å². The van der Waals surface area contributed by atoms with Crippen molar-refractivity contribution in [3.8, 4) is 5.75 Å². The van der Waals surface area contributed by atoms with Gasteiger partial charge in [-0.1, -0.05) is 25.1 Å². The van der Waals surface area contributed by atoms with Gasteiger partial charge in [0.1, 0.15) is 36.3 Å². The van der Waals surface area contributed by atoms with E-state index in [1.807, 2.05) is 30.7 Å². The Balaban J connectivity index is 1.68. The summed E-state index contributed by atoms with van der Waals surface area (Å²) in [6.07, 6.45) is 2.64. The SMILES string of the molecule is CCC(COP(=O)(NCC(=O)OC(C)C)Oc1ccccc1)OC(C)n1ccc2c(N)ncnc21. The number of fused-ring (bicyclic) bond motifs is 1. The maximum absolute atomic E-state index is 13.5. The van der Waals surface area contributed by atoms with Gasteiger partial charge in [-0.25, -0.2) is 19.6 Å². The van der Waals surface area contributed by atoms with Crippen molar-refractivity contribution < 1.29 is 27.9 Å². The standard InChI is InChI=1S/C23H32N5O6P/c1-5-18(33-17(4)28-12-11-20-22(24)25-15-26-23(20)28)14-31-35(30,27-13-21(29)32-16(2)3)34-19-9-7-6-8-10-19/h6-12,15-18H,5,13-14H2,1-4H3,(H,27,30)(H2,24,25,26). The molecule has 0 amide bonds. The van der Waals surface area contributed by atoms with Crippen molar-refractivity contribution in [1.29, 1.82) is 0 Å². The van der Waals surface area contributed by atoms with E-state index in [1.54, 1.807) is 44.2 Å². The van der Waals surface area contributed by atoms with Gasteiger partial charge in [0.2, 0.25) is 0 Å². The van der Waals surface area contributed by atoms with Crippen LogP contribution in [0.3, 0.4) is 0 Å². The predicted molar refractivity (Wildman–Crippen MR) is 132 cm³/mol. The van der Waals surface area contributed by atoms with Crippen LogP contribution in [0.15, 0.2) is 48.9 Å². The molecule has 0 aliphatic heterocycles. The number of esters is 1. The summed E-state index contributed by atoms with van der Waals surface area (Å²) in [6.45, 7) is 6.85. The maximum Gasteiger partial charge on any atom is 0.459 e. The third-order valence-electron chi connectivity index (χ3n) is 4.96. The van der Waals surface area contributed by atoms with Gasteiger partial charge in [-0.2, -0.15) is 0 Å². The lowest BCUT2D eigenvalue weighted by molar-refractivity contribution is -0.145. The Morgan fingerprint density at radius 1 is 1.17 bits per heavy atom. The highest BCUT2D eigenvalue weighted by Gasteiger charge is 2.30. The van der Waals surface area contributed by atoms with Crippen molar-refractivity contribution in [2.75, 3.05) is 18.9 Å². The Bertz CT molecular complexity index is 1160. The third-order valence-corrected chi connectivity index (χ3v) is 6.45. The monoisotopic (exact) mass is 505 g/mol. The first-order valence-corrected chi connectivity index (χ1v) is 12.9. The zero-order chi connectivity index (χ0) is 25.4. The Morgan fingerprint density at radius 3 is 2.60 bits per heavy atom. The van der Waals surface area contributed by atoms with E-state index in [1.165, 1.54) is 6.33 Å². The van der Waals surface area contributed by atoms with E-state index in [4.69, 9.17) is 24.3 Å². The lowest BCUT2D eigenvalue weighted by Crippen LogP contribution is -2.29. The second kappa shape index (κ2) is 12.1. The van der Waals surface area contributed by atoms with E-state index in [9.17, 15) is 9.36 Å². The van der Waals surface area contributed by atoms with Gasteiger partial charge in [0.25, 0.3) is 0 Å². The fourth-order valence-electron chi connectivity index (χ4n) is 3.25. The molecule has 0 fully saturated rings. The molecule has 190 valence electrons. The van der Waals surface area contributed by atoms with Crippen molar-refractivity contribution in [3.05, 3.63) is 48.9 Å². The number of anilines is 1. The minimum atomic E-state index is -3.93. The molecule has 0 radical (unpaired) electrons. The molecule has 1 aromatic carbocycles. The highest BCUT2D eigenvalue weighted by Crippen LogP contribution is 2.44. The van der Waals surface area contributed by atoms with Gasteiger partial charge in [-0.15, -0.1) is 0 Å². The molecule has 2 heterocycles. The van der Waals surface area contributed by atoms with Gasteiger partial charge in [-0.3, -0.25) is 9.32 Å². The zero-order valence-electron chi connectivity index (χ0n) is 20.3. The smallest absolute Gasteiger partial charge is 0.459 e. The average molecular weight is 506 g/mol. The number of carbonyl (C=O) groups is 1. The van der Waals surface area contributed by atoms with Crippen molar-refractivity contribution >= 4 is 30.6 Å². The fourth-order valence-corrected chi connectivity index (χ4v) is 4.55. The Kier molecular flexibility index (Phi) is 9.22. The predicted octanol–water partition coefficient (Wildman–Crippen LogP) is 4.07. The number of benzene rings is 1. The Morgan fingerprint density at radius 2 is 1.91 bits per heavy atom. The molecule has 0 spiro atoms. The fraction of sp³-hybridized carbons (Fsp3) is 0.435. The molecule has 3 N–H and O–H groups in total. The molecule has 0 bridgehead atoms. The molecule has 0 saturated carbocycles. The van der Waals surface area contributed by atoms with Gasteiger partial charge in [0.05, 0.1) is 24.2 Å². The number of nitrogen functional groups attached to an aromatic ring is 1. The molecule has 2 aromatic heterocycles. The van der Waals surface area contributed by atoms with Crippen LogP contribution in [-0.2, 0) is 23.4 Å². The van der Waals surface area contributed by atoms with Gasteiger partial charge >= 0.3 is 13.7 Å². The lowest BCUT2D eigenvalue weighted by Gasteiger charge is -2.25. The average Bonchev–Trinajstić information content (AvgIpc) is 3.26. The quantitative estimate of drug-likeness (QED) is 0.258. The van der Waals surface area contributed by atoms with Crippen LogP contribution in [0.2, 0.25) is 0 Å². The molecule has 3 rings (SSSR count). The van der Waals surface area contributed by atoms with Gasteiger partial charge in [0.15, 0.2) is 0 Å². The topological polar surface area (TPSA) is 140 Å². The summed E-state index contributed by atoms with van der Waals surface area (Å²) in [5, 5.41) is 3.31. The Labute approximate surface area is 204 Å². The number of aromatic nitrogens is 3. The minimum absolute atomic E-state index is 0.0481. The van der Waals surface area contributed by atoms with Crippen LogP contribution in [0.4, 0.5) is 5.82 Å². The summed E-state index contributed by atoms with van der Waals surface area (Å²) in [7, 11) is -3.93. The first kappa shape index (κ1) is 26.6. The minimum Gasteiger partial charge on any atom is -0.462 e. The molecule has 35 heavy (non-hydrogen) atoms. The summed E-state index contributed by atoms with van der Waals surface area (Å²) in [4.78, 5) is 20.3. The normalized spacial score (nSPS) is 15.0. The van der Waals surface area contributed by atoms with Crippen LogP contribution in [0, 0.1) is 0 Å². The van der Waals surface area contributed by atoms with Crippen molar-refractivity contribution in [2.45, 2.75) is 52.6 Å². The van der Waals surface area contributed by atoms with E-state index in [0.29, 0.717) is 23.6 Å². The zero-order valence-corrected chi connectivity index (χ0v) is 21.2. The largest absolute Gasteiger partial charge is 0.462 e. The molecule has 0 aliphatic rings. The van der Waals surface area contributed by atoms with E-state index >= 15 is 0 Å². The summed E-state index contributed by atoms with van der Waals surface area (Å²) in [6, 6.07) is 10.4. The summed E-state index contributed by atoms with van der Waals surface area (Å²) >= 11 is 0. The number of hydrogen-bond donors (Lipinski definition) is 2. The molecular formula is C23H32N5O6P. The van der Waals surface area contributed by atoms with E-state index in [0.717, 1.165) is 5.39 Å². The van der Waals surface area contributed by atoms with Crippen LogP contribution in [0.1, 0.15) is 40.3 Å². The molecule has 3 aromatic rings. The summed E-state index contributed by atoms with van der Waals surface area (Å²) in [5.74, 6) is 0.148. The summed E-state index contributed by atoms with van der Waals surface area (Å²) in [5.41, 5.74) is 6.56. The van der Waals surface area contributed by atoms with Gasteiger partial charge < -0.3 is 24.3 Å². The third kappa shape index (κ3) is 7.50. The molecular weight excluding hydrogens is 473 g/mol. The van der Waals surface area contributed by atoms with Crippen molar-refractivity contribution in [3.63, 3.8) is 0 Å². The summed E-state index contributed by atoms with van der Waals surface area (Å²) < 4.78 is 37.9. The number of nitrogens with two attached hydrogens (primary N) is 1. The highest BCUT2D eigenvalue weighted by atomic mass is 31.2. The van der Waals surface area contributed by atoms with Crippen molar-refractivity contribution in [2.24, 2.45) is 0 Å². The van der Waals surface area contributed by atoms with Crippen LogP contribution < -0.4 is 15.3 Å². The maximum atomic E-state index is 13.5. The number of para-hydroxylation sites is 1. The number of nitrogens with zero attached hydrogens (tertiary/aromatic N) is 3. The number of ether oxygens (including phenoxy) is 2. The molecule has 3 atom stereocenters. The molecule has 12 heteroatoms. The molecule has 0 saturated heterocycles. The molecule has 11 nitrogen and oxygen atoms in total. The lowest BCUT2D eigenvalue weighted by atomic mass is 10.3.